The van der Waals surface area contributed by atoms with E-state index in [9.17, 15) is 14.3 Å². The summed E-state index contributed by atoms with van der Waals surface area (Å²) in [6.45, 7) is 4.70. The van der Waals surface area contributed by atoms with Gasteiger partial charge in [0.05, 0.1) is 11.6 Å². The lowest BCUT2D eigenvalue weighted by Gasteiger charge is -2.38. The summed E-state index contributed by atoms with van der Waals surface area (Å²) in [5.74, 6) is -0.524. The lowest BCUT2D eigenvalue weighted by atomic mass is 9.81. The summed E-state index contributed by atoms with van der Waals surface area (Å²) in [6.07, 6.45) is 1.66. The number of carbonyl (C=O) groups is 1. The first-order valence-corrected chi connectivity index (χ1v) is 9.30. The number of nitrogens with one attached hydrogen (secondary N) is 1. The molecule has 2 saturated heterocycles. The predicted molar refractivity (Wildman–Crippen MR) is 96.0 cm³/mol. The van der Waals surface area contributed by atoms with Crippen molar-refractivity contribution in [2.75, 3.05) is 13.2 Å². The molecule has 0 saturated carbocycles. The fourth-order valence-electron chi connectivity index (χ4n) is 3.25. The molecule has 7 heteroatoms. The van der Waals surface area contributed by atoms with Gasteiger partial charge >= 0.3 is 0 Å². The maximum absolute atomic E-state index is 13.1. The zero-order valence-corrected chi connectivity index (χ0v) is 15.2. The van der Waals surface area contributed by atoms with Crippen molar-refractivity contribution in [3.8, 4) is 0 Å². The SMILES string of the molecule is C[C@@H](N=C1NC(=O)[C@@](C)(C2(O)CCCOCC2)S1)c1ccc(F)cc1. The number of ether oxygens (including phenoxy) is 1. The summed E-state index contributed by atoms with van der Waals surface area (Å²) in [7, 11) is 0. The first-order valence-electron chi connectivity index (χ1n) is 8.48. The van der Waals surface area contributed by atoms with E-state index in [1.807, 2.05) is 6.92 Å². The second-order valence-corrected chi connectivity index (χ2v) is 8.16. The molecule has 0 aliphatic carbocycles. The van der Waals surface area contributed by atoms with E-state index in [4.69, 9.17) is 4.74 Å². The zero-order chi connectivity index (χ0) is 18.1. The molecule has 0 radical (unpaired) electrons. The molecule has 2 heterocycles. The molecule has 2 N–H and O–H groups in total. The van der Waals surface area contributed by atoms with Crippen LogP contribution in [0.25, 0.3) is 0 Å². The van der Waals surface area contributed by atoms with Crippen molar-refractivity contribution in [3.05, 3.63) is 35.6 Å². The smallest absolute Gasteiger partial charge is 0.245 e. The third-order valence-corrected chi connectivity index (χ3v) is 6.42. The van der Waals surface area contributed by atoms with Gasteiger partial charge in [-0.2, -0.15) is 0 Å². The summed E-state index contributed by atoms with van der Waals surface area (Å²) in [5.41, 5.74) is -0.270. The highest BCUT2D eigenvalue weighted by Gasteiger charge is 2.57. The van der Waals surface area contributed by atoms with Crippen LogP contribution in [0.2, 0.25) is 0 Å². The Balaban J connectivity index is 1.80. The van der Waals surface area contributed by atoms with Gasteiger partial charge in [-0.05, 0) is 44.4 Å². The molecule has 1 aromatic rings. The van der Waals surface area contributed by atoms with Crippen LogP contribution in [0.1, 0.15) is 44.7 Å². The number of aliphatic hydroxyl groups is 1. The Bertz CT molecular complexity index is 671. The number of nitrogens with zero attached hydrogens (tertiary/aromatic N) is 1. The predicted octanol–water partition coefficient (Wildman–Crippen LogP) is 2.80. The molecule has 5 nitrogen and oxygen atoms in total. The Hall–Kier alpha value is -1.44. The molecule has 2 fully saturated rings. The number of halogens is 1. The number of carbonyl (C=O) groups excluding carboxylic acids is 1. The Morgan fingerprint density at radius 3 is 2.76 bits per heavy atom. The standard InChI is InChI=1S/C18H23FN2O3S/c1-12(13-4-6-14(19)7-5-13)20-16-21-15(22)17(2,25-16)18(23)8-3-10-24-11-9-18/h4-7,12,23H,3,8-11H2,1-2H3,(H,20,21,22)/t12-,17+,18?/m1/s1. The molecular formula is C18H23FN2O3S. The fraction of sp³-hybridized carbons (Fsp3) is 0.556. The van der Waals surface area contributed by atoms with Crippen LogP contribution in [-0.4, -0.2) is 39.7 Å². The summed E-state index contributed by atoms with van der Waals surface area (Å²) >= 11 is 1.27. The topological polar surface area (TPSA) is 70.9 Å². The maximum atomic E-state index is 13.1. The van der Waals surface area contributed by atoms with Gasteiger partial charge in [-0.15, -0.1) is 0 Å². The third kappa shape index (κ3) is 3.59. The zero-order valence-electron chi connectivity index (χ0n) is 14.4. The minimum atomic E-state index is -1.13. The normalized spacial score (nSPS) is 33.1. The maximum Gasteiger partial charge on any atom is 0.245 e. The molecule has 1 unspecified atom stereocenters. The molecule has 0 aromatic heterocycles. The molecule has 2 aliphatic heterocycles. The Labute approximate surface area is 151 Å². The van der Waals surface area contributed by atoms with E-state index in [0.717, 1.165) is 12.0 Å². The Morgan fingerprint density at radius 1 is 1.32 bits per heavy atom. The van der Waals surface area contributed by atoms with Crippen LogP contribution in [0.15, 0.2) is 29.3 Å². The summed E-state index contributed by atoms with van der Waals surface area (Å²) in [5, 5.41) is 14.4. The molecule has 1 amide bonds. The highest BCUT2D eigenvalue weighted by atomic mass is 32.2. The average molecular weight is 366 g/mol. The molecule has 2 aliphatic rings. The van der Waals surface area contributed by atoms with E-state index in [0.29, 0.717) is 31.2 Å². The minimum absolute atomic E-state index is 0.224. The van der Waals surface area contributed by atoms with E-state index in [2.05, 4.69) is 10.3 Å². The first-order chi connectivity index (χ1) is 11.8. The number of rotatable bonds is 3. The molecule has 0 bridgehead atoms. The van der Waals surface area contributed by atoms with Crippen LogP contribution in [0.4, 0.5) is 4.39 Å². The van der Waals surface area contributed by atoms with Crippen LogP contribution in [0.5, 0.6) is 0 Å². The second-order valence-electron chi connectivity index (χ2n) is 6.75. The van der Waals surface area contributed by atoms with Crippen molar-refractivity contribution in [2.24, 2.45) is 4.99 Å². The second kappa shape index (κ2) is 7.05. The minimum Gasteiger partial charge on any atom is -0.388 e. The lowest BCUT2D eigenvalue weighted by molar-refractivity contribution is -0.129. The molecule has 0 spiro atoms. The number of amides is 1. The summed E-state index contributed by atoms with van der Waals surface area (Å²) in [6, 6.07) is 5.93. The monoisotopic (exact) mass is 366 g/mol. The van der Waals surface area contributed by atoms with E-state index < -0.39 is 10.3 Å². The van der Waals surface area contributed by atoms with Gasteiger partial charge in [0.25, 0.3) is 0 Å². The fourth-order valence-corrected chi connectivity index (χ4v) is 4.53. The number of hydrogen-bond acceptors (Lipinski definition) is 5. The third-order valence-electron chi connectivity index (χ3n) is 5.04. The van der Waals surface area contributed by atoms with Crippen LogP contribution in [-0.2, 0) is 9.53 Å². The van der Waals surface area contributed by atoms with Gasteiger partial charge in [0, 0.05) is 19.6 Å². The molecule has 136 valence electrons. The van der Waals surface area contributed by atoms with Gasteiger partial charge in [0.2, 0.25) is 5.91 Å². The van der Waals surface area contributed by atoms with Gasteiger partial charge in [-0.3, -0.25) is 9.79 Å². The van der Waals surface area contributed by atoms with Crippen molar-refractivity contribution in [2.45, 2.75) is 49.5 Å². The van der Waals surface area contributed by atoms with Crippen LogP contribution in [0, 0.1) is 5.82 Å². The first kappa shape index (κ1) is 18.4. The molecule has 1 aromatic carbocycles. The Morgan fingerprint density at radius 2 is 2.04 bits per heavy atom. The molecule has 25 heavy (non-hydrogen) atoms. The largest absolute Gasteiger partial charge is 0.388 e. The van der Waals surface area contributed by atoms with Crippen molar-refractivity contribution < 1.29 is 19.0 Å². The highest BCUT2D eigenvalue weighted by Crippen LogP contribution is 2.46. The lowest BCUT2D eigenvalue weighted by Crippen LogP contribution is -2.55. The molecule has 3 rings (SSSR count). The van der Waals surface area contributed by atoms with Crippen molar-refractivity contribution in [1.29, 1.82) is 0 Å². The highest BCUT2D eigenvalue weighted by molar-refractivity contribution is 8.16. The van der Waals surface area contributed by atoms with E-state index in [-0.39, 0.29) is 17.8 Å². The Kier molecular flexibility index (Phi) is 5.18. The van der Waals surface area contributed by atoms with Gasteiger partial charge in [0.15, 0.2) is 5.17 Å². The number of benzene rings is 1. The van der Waals surface area contributed by atoms with Crippen molar-refractivity contribution in [1.82, 2.24) is 5.32 Å². The van der Waals surface area contributed by atoms with Gasteiger partial charge in [-0.25, -0.2) is 4.39 Å². The quantitative estimate of drug-likeness (QED) is 0.863. The van der Waals surface area contributed by atoms with Crippen LogP contribution >= 0.6 is 11.8 Å². The molecule has 3 atom stereocenters. The van der Waals surface area contributed by atoms with Gasteiger partial charge in [0.1, 0.15) is 10.6 Å². The van der Waals surface area contributed by atoms with Crippen LogP contribution < -0.4 is 5.32 Å². The number of amidine groups is 1. The number of aliphatic imine (C=N–C) groups is 1. The summed E-state index contributed by atoms with van der Waals surface area (Å²) in [4.78, 5) is 17.2. The van der Waals surface area contributed by atoms with Gasteiger partial charge in [-0.1, -0.05) is 23.9 Å². The van der Waals surface area contributed by atoms with Crippen molar-refractivity contribution in [3.63, 3.8) is 0 Å². The van der Waals surface area contributed by atoms with Crippen LogP contribution in [0.3, 0.4) is 0 Å². The van der Waals surface area contributed by atoms with Crippen molar-refractivity contribution >= 4 is 22.8 Å². The number of thioether (sulfide) groups is 1. The summed E-state index contributed by atoms with van der Waals surface area (Å²) < 4.78 is 17.5. The van der Waals surface area contributed by atoms with Gasteiger partial charge < -0.3 is 15.2 Å². The van der Waals surface area contributed by atoms with E-state index >= 15 is 0 Å². The average Bonchev–Trinajstić information content (AvgIpc) is 2.74. The van der Waals surface area contributed by atoms with E-state index in [1.165, 1.54) is 23.9 Å². The molecular weight excluding hydrogens is 343 g/mol. The van der Waals surface area contributed by atoms with E-state index in [1.54, 1.807) is 19.1 Å². The number of hydrogen-bond donors (Lipinski definition) is 2.